The molecule has 0 aromatic carbocycles. The number of aryl methyl sites for hydroxylation is 1. The zero-order chi connectivity index (χ0) is 11.5. The van der Waals surface area contributed by atoms with Crippen LogP contribution in [0, 0.1) is 6.92 Å². The number of carboxylic acid groups (broad SMARTS) is 1. The highest BCUT2D eigenvalue weighted by Crippen LogP contribution is 2.31. The van der Waals surface area contributed by atoms with Gasteiger partial charge in [-0.05, 0) is 6.92 Å². The molecule has 16 heavy (non-hydrogen) atoms. The second-order valence-electron chi connectivity index (χ2n) is 3.57. The molecule has 4 nitrogen and oxygen atoms in total. The summed E-state index contributed by atoms with van der Waals surface area (Å²) in [4.78, 5) is 15.9. The van der Waals surface area contributed by atoms with Gasteiger partial charge in [0.25, 0.3) is 0 Å². The van der Waals surface area contributed by atoms with Crippen LogP contribution in [-0.4, -0.2) is 34.2 Å². The maximum Gasteiger partial charge on any atom is 0.308 e. The van der Waals surface area contributed by atoms with Gasteiger partial charge in [0.2, 0.25) is 0 Å². The summed E-state index contributed by atoms with van der Waals surface area (Å²) in [5.41, 5.74) is 0.821. The van der Waals surface area contributed by atoms with E-state index in [2.05, 4.69) is 4.98 Å². The fraction of sp³-hybridized carbons (Fsp3) is 0.600. The Morgan fingerprint density at radius 1 is 1.69 bits per heavy atom. The predicted octanol–water partition coefficient (Wildman–Crippen LogP) is 1.88. The summed E-state index contributed by atoms with van der Waals surface area (Å²) in [7, 11) is 0. The van der Waals surface area contributed by atoms with E-state index in [9.17, 15) is 4.79 Å². The van der Waals surface area contributed by atoms with Gasteiger partial charge in [0.05, 0.1) is 18.7 Å². The summed E-state index contributed by atoms with van der Waals surface area (Å²) >= 11 is 3.32. The van der Waals surface area contributed by atoms with E-state index in [1.54, 1.807) is 0 Å². The molecular formula is C10H13NO3S2. The average Bonchev–Trinajstić information content (AvgIpc) is 2.61. The number of carbonyl (C=O) groups is 1. The van der Waals surface area contributed by atoms with Crippen LogP contribution in [0.1, 0.15) is 21.7 Å². The molecule has 2 heterocycles. The Bertz CT molecular complexity index is 385. The van der Waals surface area contributed by atoms with E-state index in [-0.39, 0.29) is 12.5 Å². The Morgan fingerprint density at radius 2 is 2.50 bits per heavy atom. The minimum atomic E-state index is -0.808. The summed E-state index contributed by atoms with van der Waals surface area (Å²) < 4.78 is 5.62. The van der Waals surface area contributed by atoms with E-state index in [1.807, 2.05) is 18.7 Å². The maximum absolute atomic E-state index is 10.6. The maximum atomic E-state index is 10.6. The minimum Gasteiger partial charge on any atom is -0.481 e. The van der Waals surface area contributed by atoms with Crippen LogP contribution in [-0.2, 0) is 16.0 Å². The first kappa shape index (κ1) is 11.9. The number of nitrogens with zero attached hydrogens (tertiary/aromatic N) is 1. The zero-order valence-electron chi connectivity index (χ0n) is 8.93. The molecule has 1 aliphatic heterocycles. The highest BCUT2D eigenvalue weighted by Gasteiger charge is 2.21. The van der Waals surface area contributed by atoms with Gasteiger partial charge in [-0.25, -0.2) is 4.98 Å². The van der Waals surface area contributed by atoms with Crippen molar-refractivity contribution < 1.29 is 14.6 Å². The molecule has 2 rings (SSSR count). The highest BCUT2D eigenvalue weighted by molar-refractivity contribution is 7.99. The highest BCUT2D eigenvalue weighted by atomic mass is 32.2. The normalized spacial score (nSPS) is 20.9. The summed E-state index contributed by atoms with van der Waals surface area (Å²) in [6.07, 6.45) is 0.105. The van der Waals surface area contributed by atoms with Gasteiger partial charge < -0.3 is 9.84 Å². The quantitative estimate of drug-likeness (QED) is 0.898. The van der Waals surface area contributed by atoms with E-state index in [4.69, 9.17) is 9.84 Å². The minimum absolute atomic E-state index is 0.0463. The molecule has 1 unspecified atom stereocenters. The molecule has 0 bridgehead atoms. The number of aliphatic carboxylic acids is 1. The largest absolute Gasteiger partial charge is 0.481 e. The molecule has 1 saturated heterocycles. The number of carboxylic acids is 1. The summed E-state index contributed by atoms with van der Waals surface area (Å²) in [6, 6.07) is 0. The Labute approximate surface area is 102 Å². The second kappa shape index (κ2) is 5.16. The first-order valence-electron chi connectivity index (χ1n) is 5.04. The zero-order valence-corrected chi connectivity index (χ0v) is 10.6. The molecule has 1 aromatic rings. The molecule has 6 heteroatoms. The smallest absolute Gasteiger partial charge is 0.308 e. The molecule has 88 valence electrons. The third-order valence-electron chi connectivity index (χ3n) is 2.31. The number of rotatable bonds is 3. The molecule has 1 aromatic heterocycles. The lowest BCUT2D eigenvalue weighted by atomic mass is 10.3. The standard InChI is InChI=1S/C10H13NO3S2/c1-6-8(4-9(12)13)16-10(11-6)7-5-15-3-2-14-7/h7H,2-5H2,1H3,(H,12,13). The molecule has 0 radical (unpaired) electrons. The van der Waals surface area contributed by atoms with Crippen molar-refractivity contribution in [2.24, 2.45) is 0 Å². The van der Waals surface area contributed by atoms with E-state index in [0.29, 0.717) is 0 Å². The van der Waals surface area contributed by atoms with Gasteiger partial charge in [0.15, 0.2) is 0 Å². The van der Waals surface area contributed by atoms with Crippen LogP contribution in [0.25, 0.3) is 0 Å². The van der Waals surface area contributed by atoms with Crippen LogP contribution in [0.5, 0.6) is 0 Å². The first-order chi connectivity index (χ1) is 7.66. The van der Waals surface area contributed by atoms with Crippen LogP contribution >= 0.6 is 23.1 Å². The van der Waals surface area contributed by atoms with Crippen LogP contribution in [0.2, 0.25) is 0 Å². The Morgan fingerprint density at radius 3 is 3.12 bits per heavy atom. The van der Waals surface area contributed by atoms with Crippen LogP contribution in [0.15, 0.2) is 0 Å². The Kier molecular flexibility index (Phi) is 3.83. The van der Waals surface area contributed by atoms with Crippen molar-refractivity contribution in [1.82, 2.24) is 4.98 Å². The number of thiazole rings is 1. The van der Waals surface area contributed by atoms with Crippen molar-refractivity contribution in [2.75, 3.05) is 18.1 Å². The van der Waals surface area contributed by atoms with Crippen LogP contribution in [0.4, 0.5) is 0 Å². The second-order valence-corrected chi connectivity index (χ2v) is 5.83. The average molecular weight is 259 g/mol. The van der Waals surface area contributed by atoms with Crippen LogP contribution < -0.4 is 0 Å². The van der Waals surface area contributed by atoms with Gasteiger partial charge >= 0.3 is 5.97 Å². The number of aromatic nitrogens is 1. The van der Waals surface area contributed by atoms with Crippen molar-refractivity contribution in [1.29, 1.82) is 0 Å². The van der Waals surface area contributed by atoms with Crippen molar-refractivity contribution in [3.8, 4) is 0 Å². The van der Waals surface area contributed by atoms with Crippen molar-refractivity contribution in [3.05, 3.63) is 15.6 Å². The molecule has 0 amide bonds. The molecule has 1 fully saturated rings. The van der Waals surface area contributed by atoms with E-state index >= 15 is 0 Å². The fourth-order valence-corrected chi connectivity index (χ4v) is 3.58. The summed E-state index contributed by atoms with van der Waals surface area (Å²) in [5.74, 6) is 1.14. The lowest BCUT2D eigenvalue weighted by Crippen LogP contribution is -2.15. The first-order valence-corrected chi connectivity index (χ1v) is 7.01. The predicted molar refractivity (Wildman–Crippen MR) is 64.2 cm³/mol. The summed E-state index contributed by atoms with van der Waals surface area (Å²) in [6.45, 7) is 2.61. The third kappa shape index (κ3) is 2.75. The molecular weight excluding hydrogens is 246 g/mol. The molecule has 0 spiro atoms. The molecule has 0 saturated carbocycles. The monoisotopic (exact) mass is 259 g/mol. The lowest BCUT2D eigenvalue weighted by molar-refractivity contribution is -0.136. The Balaban J connectivity index is 2.12. The molecule has 1 N–H and O–H groups in total. The molecule has 1 atom stereocenters. The molecule has 0 aliphatic carbocycles. The van der Waals surface area contributed by atoms with Crippen molar-refractivity contribution in [2.45, 2.75) is 19.4 Å². The Hall–Kier alpha value is -0.590. The fourth-order valence-electron chi connectivity index (χ4n) is 1.52. The number of hydrogen-bond donors (Lipinski definition) is 1. The topological polar surface area (TPSA) is 59.4 Å². The van der Waals surface area contributed by atoms with Crippen molar-refractivity contribution >= 4 is 29.1 Å². The summed E-state index contributed by atoms with van der Waals surface area (Å²) in [5, 5.41) is 9.67. The third-order valence-corrected chi connectivity index (χ3v) is 4.56. The SMILES string of the molecule is Cc1nc(C2CSCCO2)sc1CC(=O)O. The van der Waals surface area contributed by atoms with E-state index in [1.165, 1.54) is 11.3 Å². The van der Waals surface area contributed by atoms with E-state index in [0.717, 1.165) is 33.7 Å². The van der Waals surface area contributed by atoms with Gasteiger partial charge in [-0.15, -0.1) is 11.3 Å². The number of ether oxygens (including phenoxy) is 1. The van der Waals surface area contributed by atoms with Gasteiger partial charge in [-0.1, -0.05) is 0 Å². The molecule has 1 aliphatic rings. The lowest BCUT2D eigenvalue weighted by Gasteiger charge is -2.19. The van der Waals surface area contributed by atoms with Crippen LogP contribution in [0.3, 0.4) is 0 Å². The number of hydrogen-bond acceptors (Lipinski definition) is 5. The van der Waals surface area contributed by atoms with Gasteiger partial charge in [0, 0.05) is 16.4 Å². The van der Waals surface area contributed by atoms with Gasteiger partial charge in [-0.3, -0.25) is 4.79 Å². The van der Waals surface area contributed by atoms with E-state index < -0.39 is 5.97 Å². The van der Waals surface area contributed by atoms with Crippen molar-refractivity contribution in [3.63, 3.8) is 0 Å². The van der Waals surface area contributed by atoms with Gasteiger partial charge in [-0.2, -0.15) is 11.8 Å². The number of thioether (sulfide) groups is 1. The van der Waals surface area contributed by atoms with Gasteiger partial charge in [0.1, 0.15) is 11.1 Å².